The molecule has 4 heteroatoms. The molecular weight excluding hydrogens is 264 g/mol. The van der Waals surface area contributed by atoms with Crippen molar-refractivity contribution in [3.8, 4) is 0 Å². The van der Waals surface area contributed by atoms with Crippen LogP contribution in [-0.2, 0) is 9.53 Å². The van der Waals surface area contributed by atoms with Crippen LogP contribution in [-0.4, -0.2) is 23.4 Å². The molecule has 1 unspecified atom stereocenters. The quantitative estimate of drug-likeness (QED) is 0.604. The summed E-state index contributed by atoms with van der Waals surface area (Å²) in [4.78, 5) is 12.9. The van der Waals surface area contributed by atoms with E-state index >= 15 is 0 Å². The third kappa shape index (κ3) is 2.22. The van der Waals surface area contributed by atoms with Gasteiger partial charge in [0.25, 0.3) is 0 Å². The lowest BCUT2D eigenvalue weighted by molar-refractivity contribution is -0.184. The first-order valence-corrected chi connectivity index (χ1v) is 8.54. The van der Waals surface area contributed by atoms with Crippen LogP contribution in [0.15, 0.2) is 0 Å². The molecule has 2 aliphatic heterocycles. The van der Waals surface area contributed by atoms with Gasteiger partial charge in [-0.25, -0.2) is 0 Å². The fourth-order valence-corrected chi connectivity index (χ4v) is 3.97. The number of hydrogen-bond donors (Lipinski definition) is 2. The zero-order valence-electron chi connectivity index (χ0n) is 14.1. The second-order valence-corrected chi connectivity index (χ2v) is 8.20. The standard InChI is InChI=1S/C17H30N2O2/c1-11(2)12(3)16(9-7-6-8-10-16)21-14(20)15(4,5)17-13(18-17)19-17/h11-13,18-19H,6-10H2,1-5H3. The van der Waals surface area contributed by atoms with E-state index in [-0.39, 0.29) is 17.2 Å². The van der Waals surface area contributed by atoms with Crippen molar-refractivity contribution < 1.29 is 9.53 Å². The largest absolute Gasteiger partial charge is 0.458 e. The molecule has 3 fully saturated rings. The van der Waals surface area contributed by atoms with Crippen LogP contribution in [0.1, 0.15) is 66.7 Å². The maximum atomic E-state index is 12.9. The van der Waals surface area contributed by atoms with E-state index in [1.54, 1.807) is 0 Å². The predicted molar refractivity (Wildman–Crippen MR) is 82.5 cm³/mol. The van der Waals surface area contributed by atoms with Crippen molar-refractivity contribution in [2.75, 3.05) is 0 Å². The van der Waals surface area contributed by atoms with Crippen LogP contribution in [0.2, 0.25) is 0 Å². The lowest BCUT2D eigenvalue weighted by Gasteiger charge is -2.45. The van der Waals surface area contributed by atoms with Gasteiger partial charge in [-0.3, -0.25) is 15.4 Å². The topological polar surface area (TPSA) is 70.2 Å². The minimum Gasteiger partial charge on any atom is -0.458 e. The molecule has 1 saturated carbocycles. The Bertz CT molecular complexity index is 432. The summed E-state index contributed by atoms with van der Waals surface area (Å²) in [7, 11) is 0. The second kappa shape index (κ2) is 4.69. The Morgan fingerprint density at radius 1 is 1.14 bits per heavy atom. The summed E-state index contributed by atoms with van der Waals surface area (Å²) in [5.74, 6) is 0.894. The second-order valence-electron chi connectivity index (χ2n) is 8.20. The normalized spacial score (nSPS) is 35.0. The number of carbonyl (C=O) groups excluding carboxylic acids is 1. The minimum atomic E-state index is -0.501. The molecule has 21 heavy (non-hydrogen) atoms. The maximum absolute atomic E-state index is 12.9. The van der Waals surface area contributed by atoms with Crippen molar-refractivity contribution in [3.63, 3.8) is 0 Å². The SMILES string of the molecule is CC(C)C(C)C1(OC(=O)C(C)(C)C23NC2N3)CCCCC1. The zero-order chi connectivity index (χ0) is 15.5. The van der Waals surface area contributed by atoms with E-state index in [0.29, 0.717) is 18.0 Å². The summed E-state index contributed by atoms with van der Waals surface area (Å²) in [5, 5.41) is 6.64. The molecule has 0 aromatic heterocycles. The van der Waals surface area contributed by atoms with Gasteiger partial charge < -0.3 is 4.74 Å². The van der Waals surface area contributed by atoms with E-state index in [9.17, 15) is 4.79 Å². The Balaban J connectivity index is 1.76. The summed E-state index contributed by atoms with van der Waals surface area (Å²) in [6.07, 6.45) is 5.98. The molecule has 3 rings (SSSR count). The number of rotatable bonds is 5. The zero-order valence-corrected chi connectivity index (χ0v) is 14.1. The third-order valence-electron chi connectivity index (χ3n) is 6.33. The fraction of sp³-hybridized carbons (Fsp3) is 0.941. The number of carbonyl (C=O) groups is 1. The maximum Gasteiger partial charge on any atom is 0.315 e. The molecule has 2 saturated heterocycles. The van der Waals surface area contributed by atoms with Gasteiger partial charge in [0.1, 0.15) is 11.3 Å². The van der Waals surface area contributed by atoms with Gasteiger partial charge in [0.2, 0.25) is 0 Å². The highest BCUT2D eigenvalue weighted by Gasteiger charge is 2.79. The first kappa shape index (κ1) is 15.3. The highest BCUT2D eigenvalue weighted by Crippen LogP contribution is 2.53. The molecule has 0 aromatic rings. The first-order valence-electron chi connectivity index (χ1n) is 8.54. The van der Waals surface area contributed by atoms with Crippen molar-refractivity contribution in [3.05, 3.63) is 0 Å². The van der Waals surface area contributed by atoms with Crippen molar-refractivity contribution in [1.82, 2.24) is 10.6 Å². The Kier molecular flexibility index (Phi) is 3.42. The molecule has 2 heterocycles. The first-order chi connectivity index (χ1) is 9.75. The van der Waals surface area contributed by atoms with Gasteiger partial charge >= 0.3 is 5.97 Å². The lowest BCUT2D eigenvalue weighted by Crippen LogP contribution is -2.51. The summed E-state index contributed by atoms with van der Waals surface area (Å²) in [6.45, 7) is 10.7. The van der Waals surface area contributed by atoms with Gasteiger partial charge in [-0.15, -0.1) is 0 Å². The van der Waals surface area contributed by atoms with Crippen LogP contribution in [0, 0.1) is 17.3 Å². The van der Waals surface area contributed by atoms with E-state index in [4.69, 9.17) is 4.74 Å². The summed E-state index contributed by atoms with van der Waals surface area (Å²) >= 11 is 0. The highest BCUT2D eigenvalue weighted by molar-refractivity contribution is 5.81. The monoisotopic (exact) mass is 294 g/mol. The van der Waals surface area contributed by atoms with Crippen molar-refractivity contribution in [1.29, 1.82) is 0 Å². The average Bonchev–Trinajstić information content (AvgIpc) is 3.27. The minimum absolute atomic E-state index is 0.0445. The van der Waals surface area contributed by atoms with Crippen molar-refractivity contribution in [2.24, 2.45) is 17.3 Å². The van der Waals surface area contributed by atoms with Gasteiger partial charge in [0, 0.05) is 0 Å². The van der Waals surface area contributed by atoms with Crippen LogP contribution >= 0.6 is 0 Å². The van der Waals surface area contributed by atoms with Crippen LogP contribution in [0.25, 0.3) is 0 Å². The Morgan fingerprint density at radius 3 is 2.10 bits per heavy atom. The van der Waals surface area contributed by atoms with Crippen LogP contribution in [0.4, 0.5) is 0 Å². The Hall–Kier alpha value is -0.610. The molecule has 1 atom stereocenters. The van der Waals surface area contributed by atoms with Crippen molar-refractivity contribution in [2.45, 2.75) is 84.2 Å². The van der Waals surface area contributed by atoms with Crippen LogP contribution in [0.5, 0.6) is 0 Å². The third-order valence-corrected chi connectivity index (χ3v) is 6.33. The summed E-state index contributed by atoms with van der Waals surface area (Å²) < 4.78 is 6.24. The molecular formula is C17H30N2O2. The fourth-order valence-electron chi connectivity index (χ4n) is 3.97. The molecule has 2 N–H and O–H groups in total. The van der Waals surface area contributed by atoms with Crippen molar-refractivity contribution >= 4 is 5.97 Å². The van der Waals surface area contributed by atoms with Gasteiger partial charge in [0.05, 0.1) is 11.6 Å². The number of esters is 1. The Morgan fingerprint density at radius 2 is 1.67 bits per heavy atom. The molecule has 0 bridgehead atoms. The molecule has 1 aliphatic carbocycles. The highest BCUT2D eigenvalue weighted by atomic mass is 16.6. The lowest BCUT2D eigenvalue weighted by atomic mass is 9.71. The van der Waals surface area contributed by atoms with E-state index in [2.05, 4.69) is 31.4 Å². The predicted octanol–water partition coefficient (Wildman–Crippen LogP) is 2.78. The molecule has 4 nitrogen and oxygen atoms in total. The van der Waals surface area contributed by atoms with E-state index in [1.807, 2.05) is 13.8 Å². The smallest absolute Gasteiger partial charge is 0.315 e. The van der Waals surface area contributed by atoms with Crippen LogP contribution in [0.3, 0.4) is 0 Å². The molecule has 0 aromatic carbocycles. The summed E-state index contributed by atoms with van der Waals surface area (Å²) in [6, 6.07) is 0. The molecule has 3 aliphatic rings. The number of ether oxygens (including phenoxy) is 1. The molecule has 0 spiro atoms. The Labute approximate surface area is 128 Å². The molecule has 0 amide bonds. The molecule has 0 radical (unpaired) electrons. The molecule has 120 valence electrons. The number of nitrogens with one attached hydrogen (secondary N) is 2. The van der Waals surface area contributed by atoms with E-state index in [0.717, 1.165) is 12.8 Å². The van der Waals surface area contributed by atoms with E-state index < -0.39 is 5.41 Å². The van der Waals surface area contributed by atoms with Gasteiger partial charge in [-0.1, -0.05) is 27.2 Å². The summed E-state index contributed by atoms with van der Waals surface area (Å²) in [5.41, 5.74) is -0.934. The number of fused-ring (bicyclic) bond motifs is 1. The van der Waals surface area contributed by atoms with Gasteiger partial charge in [0.15, 0.2) is 0 Å². The van der Waals surface area contributed by atoms with E-state index in [1.165, 1.54) is 19.3 Å². The van der Waals surface area contributed by atoms with Gasteiger partial charge in [-0.2, -0.15) is 0 Å². The number of hydrogen-bond acceptors (Lipinski definition) is 4. The van der Waals surface area contributed by atoms with Gasteiger partial charge in [-0.05, 0) is 51.4 Å². The van der Waals surface area contributed by atoms with Crippen LogP contribution < -0.4 is 10.6 Å². The average molecular weight is 294 g/mol.